The molecule has 1 heterocycles. The van der Waals surface area contributed by atoms with E-state index in [1.807, 2.05) is 24.3 Å². The van der Waals surface area contributed by atoms with Crippen LogP contribution in [0, 0.1) is 11.8 Å². The lowest BCUT2D eigenvalue weighted by Crippen LogP contribution is -2.29. The molecule has 1 N–H and O–H groups in total. The Morgan fingerprint density at radius 3 is 2.94 bits per heavy atom. The number of hydrogen-bond acceptors (Lipinski definition) is 3. The number of rotatable bonds is 5. The molecule has 98 valence electrons. The van der Waals surface area contributed by atoms with Gasteiger partial charge in [-0.05, 0) is 34.5 Å². The molecule has 1 aromatic carbocycles. The van der Waals surface area contributed by atoms with Crippen LogP contribution in [0.1, 0.15) is 6.42 Å². The maximum atomic E-state index is 11.2. The fourth-order valence-corrected chi connectivity index (χ4v) is 2.42. The van der Waals surface area contributed by atoms with Gasteiger partial charge in [0.1, 0.15) is 12.4 Å². The Morgan fingerprint density at radius 1 is 1.56 bits per heavy atom. The monoisotopic (exact) mass is 314 g/mol. The van der Waals surface area contributed by atoms with Gasteiger partial charge in [0, 0.05) is 12.5 Å². The molecule has 0 aliphatic carbocycles. The summed E-state index contributed by atoms with van der Waals surface area (Å²) in [6.07, 6.45) is 0.788. The number of para-hydroxylation sites is 1. The number of carboxylic acids is 1. The summed E-state index contributed by atoms with van der Waals surface area (Å²) in [7, 11) is 0. The Kier molecular flexibility index (Phi) is 4.60. The molecule has 1 fully saturated rings. The van der Waals surface area contributed by atoms with E-state index in [2.05, 4.69) is 15.9 Å². The molecule has 1 aromatic rings. The molecule has 0 radical (unpaired) electrons. The van der Waals surface area contributed by atoms with Crippen molar-refractivity contribution in [3.8, 4) is 5.75 Å². The van der Waals surface area contributed by atoms with E-state index < -0.39 is 11.9 Å². The SMILES string of the molecule is O=C(O)C(COc1ccccc1Br)C1CCOC1. The molecule has 2 unspecified atom stereocenters. The van der Waals surface area contributed by atoms with E-state index in [1.165, 1.54) is 0 Å². The number of carbonyl (C=O) groups is 1. The van der Waals surface area contributed by atoms with Gasteiger partial charge in [0.15, 0.2) is 0 Å². The normalized spacial score (nSPS) is 20.6. The molecule has 1 aliphatic rings. The third kappa shape index (κ3) is 3.23. The number of aliphatic carboxylic acids is 1. The summed E-state index contributed by atoms with van der Waals surface area (Å²) in [5.41, 5.74) is 0. The highest BCUT2D eigenvalue weighted by atomic mass is 79.9. The molecule has 5 heteroatoms. The number of hydrogen-bond donors (Lipinski definition) is 1. The van der Waals surface area contributed by atoms with Crippen molar-refractivity contribution in [2.24, 2.45) is 11.8 Å². The van der Waals surface area contributed by atoms with Gasteiger partial charge in [-0.25, -0.2) is 0 Å². The lowest BCUT2D eigenvalue weighted by atomic mass is 9.92. The molecule has 0 saturated carbocycles. The molecule has 0 spiro atoms. The van der Waals surface area contributed by atoms with Crippen molar-refractivity contribution in [3.63, 3.8) is 0 Å². The fraction of sp³-hybridized carbons (Fsp3) is 0.462. The van der Waals surface area contributed by atoms with Gasteiger partial charge in [-0.3, -0.25) is 4.79 Å². The molecule has 0 bridgehead atoms. The van der Waals surface area contributed by atoms with Crippen LogP contribution in [0.5, 0.6) is 5.75 Å². The van der Waals surface area contributed by atoms with Crippen molar-refractivity contribution < 1.29 is 19.4 Å². The predicted octanol–water partition coefficient (Wildman–Crippen LogP) is 2.57. The molecule has 4 nitrogen and oxygen atoms in total. The lowest BCUT2D eigenvalue weighted by Gasteiger charge is -2.18. The molecular formula is C13H15BrO4. The van der Waals surface area contributed by atoms with Gasteiger partial charge in [-0.15, -0.1) is 0 Å². The van der Waals surface area contributed by atoms with Gasteiger partial charge in [-0.1, -0.05) is 12.1 Å². The van der Waals surface area contributed by atoms with E-state index in [0.29, 0.717) is 19.0 Å². The minimum absolute atomic E-state index is 0.0463. The average molecular weight is 315 g/mol. The van der Waals surface area contributed by atoms with Gasteiger partial charge in [0.2, 0.25) is 0 Å². The van der Waals surface area contributed by atoms with E-state index in [-0.39, 0.29) is 12.5 Å². The zero-order valence-electron chi connectivity index (χ0n) is 9.84. The van der Waals surface area contributed by atoms with Crippen LogP contribution in [-0.2, 0) is 9.53 Å². The highest BCUT2D eigenvalue weighted by Crippen LogP contribution is 2.27. The van der Waals surface area contributed by atoms with Crippen molar-refractivity contribution in [2.75, 3.05) is 19.8 Å². The van der Waals surface area contributed by atoms with Crippen LogP contribution in [0.15, 0.2) is 28.7 Å². The van der Waals surface area contributed by atoms with Gasteiger partial charge in [-0.2, -0.15) is 0 Å². The van der Waals surface area contributed by atoms with E-state index in [9.17, 15) is 9.90 Å². The Hall–Kier alpha value is -1.07. The van der Waals surface area contributed by atoms with Crippen molar-refractivity contribution in [1.82, 2.24) is 0 Å². The summed E-state index contributed by atoms with van der Waals surface area (Å²) in [6, 6.07) is 7.42. The molecule has 2 rings (SSSR count). The van der Waals surface area contributed by atoms with Gasteiger partial charge < -0.3 is 14.6 Å². The number of carboxylic acid groups (broad SMARTS) is 1. The van der Waals surface area contributed by atoms with Crippen molar-refractivity contribution in [3.05, 3.63) is 28.7 Å². The number of halogens is 1. The highest BCUT2D eigenvalue weighted by Gasteiger charge is 2.32. The first-order valence-corrected chi connectivity index (χ1v) is 6.65. The maximum absolute atomic E-state index is 11.2. The molecule has 0 aromatic heterocycles. The molecule has 1 aliphatic heterocycles. The summed E-state index contributed by atoms with van der Waals surface area (Å²) in [5, 5.41) is 9.23. The molecule has 2 atom stereocenters. The predicted molar refractivity (Wildman–Crippen MR) is 69.7 cm³/mol. The smallest absolute Gasteiger partial charge is 0.310 e. The summed E-state index contributed by atoms with van der Waals surface area (Å²) in [5.74, 6) is -0.621. The zero-order chi connectivity index (χ0) is 13.0. The molecule has 0 amide bonds. The Morgan fingerprint density at radius 2 is 2.33 bits per heavy atom. The van der Waals surface area contributed by atoms with Gasteiger partial charge >= 0.3 is 5.97 Å². The topological polar surface area (TPSA) is 55.8 Å². The third-order valence-corrected chi connectivity index (χ3v) is 3.76. The summed E-state index contributed by atoms with van der Waals surface area (Å²) in [4.78, 5) is 11.2. The van der Waals surface area contributed by atoms with E-state index >= 15 is 0 Å². The minimum Gasteiger partial charge on any atom is -0.491 e. The summed E-state index contributed by atoms with van der Waals surface area (Å²) < 4.78 is 11.7. The molecular weight excluding hydrogens is 300 g/mol. The van der Waals surface area contributed by atoms with E-state index in [0.717, 1.165) is 10.9 Å². The Balaban J connectivity index is 1.97. The largest absolute Gasteiger partial charge is 0.491 e. The van der Waals surface area contributed by atoms with Crippen LogP contribution in [-0.4, -0.2) is 30.9 Å². The fourth-order valence-electron chi connectivity index (χ4n) is 2.02. The van der Waals surface area contributed by atoms with Crippen LogP contribution in [0.4, 0.5) is 0 Å². The third-order valence-electron chi connectivity index (χ3n) is 3.11. The second kappa shape index (κ2) is 6.20. The van der Waals surface area contributed by atoms with E-state index in [1.54, 1.807) is 0 Å². The van der Waals surface area contributed by atoms with Gasteiger partial charge in [0.25, 0.3) is 0 Å². The minimum atomic E-state index is -0.822. The summed E-state index contributed by atoms with van der Waals surface area (Å²) in [6.45, 7) is 1.33. The van der Waals surface area contributed by atoms with Crippen molar-refractivity contribution in [2.45, 2.75) is 6.42 Å². The quantitative estimate of drug-likeness (QED) is 0.907. The second-order valence-corrected chi connectivity index (χ2v) is 5.16. The summed E-state index contributed by atoms with van der Waals surface area (Å²) >= 11 is 3.37. The number of ether oxygens (including phenoxy) is 2. The van der Waals surface area contributed by atoms with Crippen LogP contribution >= 0.6 is 15.9 Å². The van der Waals surface area contributed by atoms with Crippen LogP contribution < -0.4 is 4.74 Å². The van der Waals surface area contributed by atoms with Crippen molar-refractivity contribution in [1.29, 1.82) is 0 Å². The average Bonchev–Trinajstić information content (AvgIpc) is 2.85. The zero-order valence-corrected chi connectivity index (χ0v) is 11.4. The maximum Gasteiger partial charge on any atom is 0.310 e. The molecule has 1 saturated heterocycles. The standard InChI is InChI=1S/C13H15BrO4/c14-11-3-1-2-4-12(11)18-8-10(13(15)16)9-5-6-17-7-9/h1-4,9-10H,5-8H2,(H,15,16). The van der Waals surface area contributed by atoms with Crippen LogP contribution in [0.3, 0.4) is 0 Å². The first kappa shape index (κ1) is 13.4. The first-order valence-electron chi connectivity index (χ1n) is 5.86. The highest BCUT2D eigenvalue weighted by molar-refractivity contribution is 9.10. The van der Waals surface area contributed by atoms with Gasteiger partial charge in [0.05, 0.1) is 17.0 Å². The van der Waals surface area contributed by atoms with Crippen molar-refractivity contribution >= 4 is 21.9 Å². The van der Waals surface area contributed by atoms with E-state index in [4.69, 9.17) is 9.47 Å². The second-order valence-electron chi connectivity index (χ2n) is 4.31. The Bertz CT molecular complexity index is 415. The molecule has 18 heavy (non-hydrogen) atoms. The first-order chi connectivity index (χ1) is 8.68. The Labute approximate surface area is 114 Å². The van der Waals surface area contributed by atoms with Crippen LogP contribution in [0.25, 0.3) is 0 Å². The lowest BCUT2D eigenvalue weighted by molar-refractivity contribution is -0.145. The number of benzene rings is 1. The van der Waals surface area contributed by atoms with Crippen LogP contribution in [0.2, 0.25) is 0 Å².